The molecule has 1 aliphatic heterocycles. The second kappa shape index (κ2) is 5.69. The number of carbonyl (C=O) groups is 1. The van der Waals surface area contributed by atoms with Crippen LogP contribution < -0.4 is 0 Å². The summed E-state index contributed by atoms with van der Waals surface area (Å²) in [7, 11) is 0. The van der Waals surface area contributed by atoms with E-state index in [4.69, 9.17) is 9.47 Å². The second-order valence-corrected chi connectivity index (χ2v) is 9.99. The molecule has 3 aliphatic carbocycles. The van der Waals surface area contributed by atoms with E-state index in [2.05, 4.69) is 13.8 Å². The van der Waals surface area contributed by atoms with E-state index in [1.165, 1.54) is 6.92 Å². The summed E-state index contributed by atoms with van der Waals surface area (Å²) in [4.78, 5) is 11.3. The maximum atomic E-state index is 11.3. The predicted molar refractivity (Wildman–Crippen MR) is 94.9 cm³/mol. The van der Waals surface area contributed by atoms with Crippen molar-refractivity contribution in [2.45, 2.75) is 90.4 Å². The van der Waals surface area contributed by atoms with Crippen molar-refractivity contribution in [3.63, 3.8) is 0 Å². The third-order valence-electron chi connectivity index (χ3n) is 8.91. The largest absolute Gasteiger partial charge is 0.463 e. The molecule has 0 spiro atoms. The molecule has 0 aromatic carbocycles. The Morgan fingerprint density at radius 2 is 1.80 bits per heavy atom. The molecule has 0 radical (unpaired) electrons. The highest BCUT2D eigenvalue weighted by Gasteiger charge is 2.64. The molecule has 4 nitrogen and oxygen atoms in total. The average Bonchev–Trinajstić information content (AvgIpc) is 2.77. The van der Waals surface area contributed by atoms with E-state index in [1.54, 1.807) is 0 Å². The van der Waals surface area contributed by atoms with Crippen molar-refractivity contribution in [2.75, 3.05) is 6.61 Å². The summed E-state index contributed by atoms with van der Waals surface area (Å²) in [6, 6.07) is 0. The molecule has 4 rings (SSSR count). The molecule has 4 fully saturated rings. The molecule has 25 heavy (non-hydrogen) atoms. The van der Waals surface area contributed by atoms with E-state index in [0.29, 0.717) is 23.9 Å². The second-order valence-electron chi connectivity index (χ2n) is 9.99. The molecule has 8 atom stereocenters. The molecule has 142 valence electrons. The van der Waals surface area contributed by atoms with E-state index in [1.807, 2.05) is 6.92 Å². The Kier molecular flexibility index (Phi) is 4.05. The Morgan fingerprint density at radius 3 is 2.52 bits per heavy atom. The Hall–Kier alpha value is -0.610. The zero-order chi connectivity index (χ0) is 18.0. The number of hydrogen-bond acceptors (Lipinski definition) is 4. The van der Waals surface area contributed by atoms with Gasteiger partial charge in [0, 0.05) is 12.3 Å². The zero-order valence-electron chi connectivity index (χ0n) is 16.2. The minimum atomic E-state index is -0.559. The lowest BCUT2D eigenvalue weighted by molar-refractivity contribution is -0.225. The lowest BCUT2D eigenvalue weighted by atomic mass is 9.50. The Labute approximate surface area is 151 Å². The number of esters is 1. The summed E-state index contributed by atoms with van der Waals surface area (Å²) in [6.45, 7) is 9.07. The molecular weight excluding hydrogens is 316 g/mol. The topological polar surface area (TPSA) is 55.8 Å². The monoisotopic (exact) mass is 350 g/mol. The van der Waals surface area contributed by atoms with Gasteiger partial charge in [-0.15, -0.1) is 0 Å². The van der Waals surface area contributed by atoms with Crippen molar-refractivity contribution in [3.8, 4) is 0 Å². The maximum absolute atomic E-state index is 11.3. The van der Waals surface area contributed by atoms with Crippen molar-refractivity contribution in [1.82, 2.24) is 0 Å². The van der Waals surface area contributed by atoms with E-state index >= 15 is 0 Å². The van der Waals surface area contributed by atoms with E-state index in [9.17, 15) is 9.90 Å². The van der Waals surface area contributed by atoms with Crippen molar-refractivity contribution in [2.24, 2.45) is 28.6 Å². The van der Waals surface area contributed by atoms with Crippen LogP contribution in [0.25, 0.3) is 0 Å². The number of rotatable bonds is 1. The van der Waals surface area contributed by atoms with Gasteiger partial charge < -0.3 is 14.6 Å². The fraction of sp³-hybridized carbons (Fsp3) is 0.952. The summed E-state index contributed by atoms with van der Waals surface area (Å²) < 4.78 is 12.0. The third kappa shape index (κ3) is 2.50. The van der Waals surface area contributed by atoms with Gasteiger partial charge in [0.05, 0.1) is 18.3 Å². The number of ether oxygens (including phenoxy) is 2. The molecule has 1 N–H and O–H groups in total. The van der Waals surface area contributed by atoms with E-state index in [0.717, 1.165) is 51.6 Å². The van der Waals surface area contributed by atoms with Crippen LogP contribution in [0.4, 0.5) is 0 Å². The van der Waals surface area contributed by atoms with Gasteiger partial charge in [0.1, 0.15) is 6.10 Å². The lowest BCUT2D eigenvalue weighted by Crippen LogP contribution is -2.60. The fourth-order valence-electron chi connectivity index (χ4n) is 6.96. The van der Waals surface area contributed by atoms with Crippen LogP contribution in [0.5, 0.6) is 0 Å². The van der Waals surface area contributed by atoms with Gasteiger partial charge in [-0.1, -0.05) is 13.8 Å². The number of hydrogen-bond donors (Lipinski definition) is 1. The standard InChI is InChI=1S/C21H34O4/c1-13(22)25-15-5-8-19(2)14(11-15)12-24-18-16(19)6-9-20(3)17(18)7-10-21(20,4)23/h14-18,23H,5-12H2,1-4H3/t14?,15?,16-,17+,18-,19+,20+,21?/m1/s1. The summed E-state index contributed by atoms with van der Waals surface area (Å²) >= 11 is 0. The Morgan fingerprint density at radius 1 is 1.08 bits per heavy atom. The molecule has 1 heterocycles. The maximum Gasteiger partial charge on any atom is 0.302 e. The smallest absolute Gasteiger partial charge is 0.302 e. The van der Waals surface area contributed by atoms with Gasteiger partial charge in [0.15, 0.2) is 0 Å². The first-order valence-electron chi connectivity index (χ1n) is 10.2. The predicted octanol–water partition coefficient (Wildman–Crippen LogP) is 3.70. The first-order valence-corrected chi connectivity index (χ1v) is 10.2. The molecular formula is C21H34O4. The van der Waals surface area contributed by atoms with E-state index in [-0.39, 0.29) is 22.9 Å². The van der Waals surface area contributed by atoms with Crippen LogP contribution in [0, 0.1) is 28.6 Å². The minimum absolute atomic E-state index is 0.00763. The normalized spacial score (nSPS) is 55.0. The van der Waals surface area contributed by atoms with Gasteiger partial charge in [-0.05, 0) is 75.0 Å². The molecule has 0 aromatic rings. The van der Waals surface area contributed by atoms with E-state index < -0.39 is 5.60 Å². The highest BCUT2D eigenvalue weighted by atomic mass is 16.5. The van der Waals surface area contributed by atoms with Crippen molar-refractivity contribution >= 4 is 5.97 Å². The fourth-order valence-corrected chi connectivity index (χ4v) is 6.96. The van der Waals surface area contributed by atoms with Gasteiger partial charge in [-0.3, -0.25) is 4.79 Å². The average molecular weight is 350 g/mol. The number of carbonyl (C=O) groups excluding carboxylic acids is 1. The molecule has 0 bridgehead atoms. The molecule has 4 heteroatoms. The SMILES string of the molecule is CC(=O)OC1CC[C@@]2(C)C(CO[C@@H]3[C@H]2CC[C@@]2(C)[C@H]3CCC2(C)O)C1. The van der Waals surface area contributed by atoms with Crippen LogP contribution in [0.2, 0.25) is 0 Å². The van der Waals surface area contributed by atoms with Crippen LogP contribution in [0.3, 0.4) is 0 Å². The first kappa shape index (κ1) is 17.8. The minimum Gasteiger partial charge on any atom is -0.463 e. The van der Waals surface area contributed by atoms with Crippen LogP contribution in [0.1, 0.15) is 72.6 Å². The van der Waals surface area contributed by atoms with Crippen LogP contribution in [-0.2, 0) is 14.3 Å². The quantitative estimate of drug-likeness (QED) is 0.733. The van der Waals surface area contributed by atoms with Gasteiger partial charge >= 0.3 is 5.97 Å². The molecule has 4 aliphatic rings. The van der Waals surface area contributed by atoms with Crippen LogP contribution in [0.15, 0.2) is 0 Å². The molecule has 0 aromatic heterocycles. The highest BCUT2D eigenvalue weighted by molar-refractivity contribution is 5.66. The summed E-state index contributed by atoms with van der Waals surface area (Å²) in [5, 5.41) is 11.0. The number of aliphatic hydroxyl groups is 1. The van der Waals surface area contributed by atoms with Gasteiger partial charge in [-0.25, -0.2) is 0 Å². The first-order chi connectivity index (χ1) is 11.7. The van der Waals surface area contributed by atoms with Gasteiger partial charge in [0.25, 0.3) is 0 Å². The van der Waals surface area contributed by atoms with Crippen LogP contribution in [-0.4, -0.2) is 35.5 Å². The Balaban J connectivity index is 1.55. The van der Waals surface area contributed by atoms with Crippen molar-refractivity contribution in [1.29, 1.82) is 0 Å². The molecule has 1 saturated heterocycles. The van der Waals surface area contributed by atoms with Gasteiger partial charge in [-0.2, -0.15) is 0 Å². The van der Waals surface area contributed by atoms with Crippen molar-refractivity contribution in [3.05, 3.63) is 0 Å². The molecule has 3 saturated carbocycles. The third-order valence-corrected chi connectivity index (χ3v) is 8.91. The summed E-state index contributed by atoms with van der Waals surface area (Å²) in [5.41, 5.74) is -0.279. The van der Waals surface area contributed by atoms with Crippen LogP contribution >= 0.6 is 0 Å². The number of fused-ring (bicyclic) bond motifs is 5. The Bertz CT molecular complexity index is 558. The van der Waals surface area contributed by atoms with Crippen molar-refractivity contribution < 1.29 is 19.4 Å². The molecule has 3 unspecified atom stereocenters. The lowest BCUT2D eigenvalue weighted by Gasteiger charge is -2.60. The highest BCUT2D eigenvalue weighted by Crippen LogP contribution is 2.65. The van der Waals surface area contributed by atoms with Gasteiger partial charge in [0.2, 0.25) is 0 Å². The zero-order valence-corrected chi connectivity index (χ0v) is 16.2. The molecule has 0 amide bonds. The summed E-state index contributed by atoms with van der Waals surface area (Å²) in [5.74, 6) is 1.38. The summed E-state index contributed by atoms with van der Waals surface area (Å²) in [6.07, 6.45) is 7.64.